The van der Waals surface area contributed by atoms with Crippen LogP contribution < -0.4 is 0 Å². The molecule has 0 radical (unpaired) electrons. The van der Waals surface area contributed by atoms with Gasteiger partial charge < -0.3 is 8.98 Å². The topological polar surface area (TPSA) is 31.0 Å². The molecule has 0 aliphatic carbocycles. The third-order valence-corrected chi connectivity index (χ3v) is 10.9. The summed E-state index contributed by atoms with van der Waals surface area (Å²) in [5, 5.41) is 10.1. The van der Waals surface area contributed by atoms with E-state index < -0.39 is 0 Å². The summed E-state index contributed by atoms with van der Waals surface area (Å²) in [5.41, 5.74) is 9.18. The van der Waals surface area contributed by atoms with E-state index >= 15 is 0 Å². The van der Waals surface area contributed by atoms with Gasteiger partial charge in [0.25, 0.3) is 0 Å². The van der Waals surface area contributed by atoms with Gasteiger partial charge in [-0.1, -0.05) is 97.1 Å². The van der Waals surface area contributed by atoms with Crippen LogP contribution in [0.15, 0.2) is 150 Å². The first-order valence-electron chi connectivity index (χ1n) is 15.9. The maximum absolute atomic E-state index is 6.38. The fourth-order valence-corrected chi connectivity index (χ4v) is 8.86. The fourth-order valence-electron chi connectivity index (χ4n) is 7.69. The van der Waals surface area contributed by atoms with Crippen LogP contribution in [-0.4, -0.2) is 9.55 Å². The predicted molar refractivity (Wildman–Crippen MR) is 198 cm³/mol. The smallest absolute Gasteiger partial charge is 0.161 e. The summed E-state index contributed by atoms with van der Waals surface area (Å²) in [6.07, 6.45) is 0. The first-order valence-corrected chi connectivity index (χ1v) is 16.7. The van der Waals surface area contributed by atoms with Gasteiger partial charge in [-0.2, -0.15) is 0 Å². The lowest BCUT2D eigenvalue weighted by Crippen LogP contribution is -1.95. The molecule has 0 amide bonds. The minimum absolute atomic E-state index is 0.820. The van der Waals surface area contributed by atoms with Crippen molar-refractivity contribution >= 4 is 86.0 Å². The molecule has 0 spiro atoms. The molecule has 7 aromatic carbocycles. The molecule has 0 saturated heterocycles. The van der Waals surface area contributed by atoms with E-state index in [1.807, 2.05) is 29.5 Å². The summed E-state index contributed by atoms with van der Waals surface area (Å²) in [7, 11) is 0. The van der Waals surface area contributed by atoms with E-state index in [4.69, 9.17) is 9.40 Å². The van der Waals surface area contributed by atoms with Crippen molar-refractivity contribution in [2.45, 2.75) is 0 Å². The van der Waals surface area contributed by atoms with Gasteiger partial charge in [-0.25, -0.2) is 4.98 Å². The van der Waals surface area contributed by atoms with Crippen LogP contribution in [-0.2, 0) is 0 Å². The van der Waals surface area contributed by atoms with Crippen LogP contribution in [0, 0.1) is 0 Å². The molecular weight excluding hydrogens is 593 g/mol. The Morgan fingerprint density at radius 3 is 1.87 bits per heavy atom. The SMILES string of the molecule is c1ccc(-c2nc(-c3ccc(-n4c5ccc6cccc7sc8cccc9ccc4c(c98)c5c67)cc3)cc3c2oc2ccccc23)cc1. The monoisotopic (exact) mass is 616 g/mol. The molecule has 11 aromatic rings. The standard InChI is InChI=1S/C43H24N2OS/c1-2-8-28(9-3-1)42-43-31(30-12-4-5-13-35(30)46-43)24-32(44-42)25-16-20-29(21-17-25)45-33-22-18-26-10-6-14-36-38(26)40(33)41-34(45)23-19-27-11-7-15-37(47-36)39(27)41/h1-24H. The summed E-state index contributed by atoms with van der Waals surface area (Å²) < 4.78 is 11.4. The van der Waals surface area contributed by atoms with Crippen molar-refractivity contribution in [2.24, 2.45) is 0 Å². The minimum Gasteiger partial charge on any atom is -0.454 e. The molecule has 0 bridgehead atoms. The maximum Gasteiger partial charge on any atom is 0.161 e. The second-order valence-corrected chi connectivity index (χ2v) is 13.4. The van der Waals surface area contributed by atoms with E-state index in [0.29, 0.717) is 0 Å². The van der Waals surface area contributed by atoms with Crippen molar-refractivity contribution < 1.29 is 4.42 Å². The molecule has 0 aliphatic rings. The molecule has 0 aliphatic heterocycles. The lowest BCUT2D eigenvalue weighted by Gasteiger charge is -2.11. The molecule has 4 heteroatoms. The van der Waals surface area contributed by atoms with Crippen molar-refractivity contribution in [3.8, 4) is 28.2 Å². The summed E-state index contributed by atoms with van der Waals surface area (Å²) >= 11 is 1.89. The average molecular weight is 617 g/mol. The Bertz CT molecular complexity index is 2900. The second kappa shape index (κ2) is 9.29. The predicted octanol–water partition coefficient (Wildman–Crippen LogP) is 12.4. The van der Waals surface area contributed by atoms with Gasteiger partial charge >= 0.3 is 0 Å². The lowest BCUT2D eigenvalue weighted by molar-refractivity contribution is 0.668. The highest BCUT2D eigenvalue weighted by Gasteiger charge is 2.21. The number of hydrogen-bond donors (Lipinski definition) is 0. The van der Waals surface area contributed by atoms with Crippen LogP contribution in [0.4, 0.5) is 0 Å². The van der Waals surface area contributed by atoms with Gasteiger partial charge in [-0.05, 0) is 59.3 Å². The van der Waals surface area contributed by atoms with Crippen molar-refractivity contribution in [1.29, 1.82) is 0 Å². The highest BCUT2D eigenvalue weighted by atomic mass is 32.1. The number of furan rings is 1. The fraction of sp³-hybridized carbons (Fsp3) is 0. The van der Waals surface area contributed by atoms with Gasteiger partial charge in [0.2, 0.25) is 0 Å². The zero-order chi connectivity index (χ0) is 30.6. The van der Waals surface area contributed by atoms with E-state index in [0.717, 1.165) is 50.1 Å². The van der Waals surface area contributed by atoms with Gasteiger partial charge in [-0.3, -0.25) is 0 Å². The van der Waals surface area contributed by atoms with Crippen LogP contribution >= 0.6 is 11.3 Å². The lowest BCUT2D eigenvalue weighted by atomic mass is 10.00. The molecule has 218 valence electrons. The Kier molecular flexibility index (Phi) is 4.99. The molecular formula is C43H24N2OS. The van der Waals surface area contributed by atoms with Crippen molar-refractivity contribution in [3.05, 3.63) is 146 Å². The average Bonchev–Trinajstić information content (AvgIpc) is 3.63. The molecule has 0 N–H and O–H groups in total. The van der Waals surface area contributed by atoms with Crippen LogP contribution in [0.2, 0.25) is 0 Å². The van der Waals surface area contributed by atoms with E-state index in [1.54, 1.807) is 0 Å². The van der Waals surface area contributed by atoms with Gasteiger partial charge in [0, 0.05) is 58.5 Å². The molecule has 11 rings (SSSR count). The van der Waals surface area contributed by atoms with Gasteiger partial charge in [0.15, 0.2) is 5.58 Å². The van der Waals surface area contributed by atoms with Crippen molar-refractivity contribution in [2.75, 3.05) is 0 Å². The van der Waals surface area contributed by atoms with Crippen LogP contribution in [0.1, 0.15) is 0 Å². The number of nitrogens with zero attached hydrogens (tertiary/aromatic N) is 2. The maximum atomic E-state index is 6.38. The molecule has 4 aromatic heterocycles. The summed E-state index contributed by atoms with van der Waals surface area (Å²) in [6, 6.07) is 52.2. The number of aromatic nitrogens is 2. The molecule has 0 saturated carbocycles. The van der Waals surface area contributed by atoms with E-state index in [1.165, 1.54) is 52.8 Å². The Morgan fingerprint density at radius 1 is 0.511 bits per heavy atom. The van der Waals surface area contributed by atoms with E-state index in [9.17, 15) is 0 Å². The molecule has 0 atom stereocenters. The number of hydrogen-bond acceptors (Lipinski definition) is 3. The van der Waals surface area contributed by atoms with Crippen LogP contribution in [0.25, 0.3) is 103 Å². The first-order chi connectivity index (χ1) is 23.3. The summed E-state index contributed by atoms with van der Waals surface area (Å²) in [6.45, 7) is 0. The van der Waals surface area contributed by atoms with Gasteiger partial charge in [0.05, 0.1) is 16.7 Å². The van der Waals surface area contributed by atoms with Crippen LogP contribution in [0.5, 0.6) is 0 Å². The third kappa shape index (κ3) is 3.48. The molecule has 0 unspecified atom stereocenters. The third-order valence-electron chi connectivity index (χ3n) is 9.75. The van der Waals surface area contributed by atoms with E-state index in [-0.39, 0.29) is 0 Å². The zero-order valence-electron chi connectivity index (χ0n) is 25.1. The molecule has 3 nitrogen and oxygen atoms in total. The summed E-state index contributed by atoms with van der Waals surface area (Å²) in [4.78, 5) is 5.21. The Morgan fingerprint density at radius 2 is 1.17 bits per heavy atom. The molecule has 47 heavy (non-hydrogen) atoms. The number of rotatable bonds is 3. The number of pyridine rings is 1. The number of fused-ring (bicyclic) bond motifs is 3. The van der Waals surface area contributed by atoms with E-state index in [2.05, 4.69) is 132 Å². The second-order valence-electron chi connectivity index (χ2n) is 12.3. The van der Waals surface area contributed by atoms with Crippen molar-refractivity contribution in [1.82, 2.24) is 9.55 Å². The normalized spacial score (nSPS) is 12.3. The zero-order valence-corrected chi connectivity index (χ0v) is 25.9. The Hall–Kier alpha value is -5.97. The largest absolute Gasteiger partial charge is 0.454 e. The quantitative estimate of drug-likeness (QED) is 0.198. The van der Waals surface area contributed by atoms with Crippen LogP contribution in [0.3, 0.4) is 0 Å². The number of para-hydroxylation sites is 1. The Balaban J connectivity index is 1.16. The molecule has 0 fully saturated rings. The summed E-state index contributed by atoms with van der Waals surface area (Å²) in [5.74, 6) is 0. The first kappa shape index (κ1) is 25.2. The highest BCUT2D eigenvalue weighted by Crippen LogP contribution is 2.46. The minimum atomic E-state index is 0.820. The van der Waals surface area contributed by atoms with Gasteiger partial charge in [-0.15, -0.1) is 11.3 Å². The Labute approximate surface area is 272 Å². The molecule has 4 heterocycles. The highest BCUT2D eigenvalue weighted by molar-refractivity contribution is 7.24. The van der Waals surface area contributed by atoms with Crippen molar-refractivity contribution in [3.63, 3.8) is 0 Å². The number of benzene rings is 7. The van der Waals surface area contributed by atoms with Gasteiger partial charge in [0.1, 0.15) is 11.3 Å².